The molecule has 9 heteroatoms. The lowest BCUT2D eigenvalue weighted by Crippen LogP contribution is -2.53. The summed E-state index contributed by atoms with van der Waals surface area (Å²) >= 11 is 0. The molecule has 3 rings (SSSR count). The number of hydrogen-bond donors (Lipinski definition) is 3. The van der Waals surface area contributed by atoms with Crippen LogP contribution in [-0.4, -0.2) is 89.7 Å². The largest absolute Gasteiger partial charge is 0.493 e. The summed E-state index contributed by atoms with van der Waals surface area (Å²) in [6.07, 6.45) is 4.68. The van der Waals surface area contributed by atoms with Gasteiger partial charge >= 0.3 is 0 Å². The molecular weight excluding hydrogens is 451 g/mol. The van der Waals surface area contributed by atoms with E-state index in [2.05, 4.69) is 10.6 Å². The lowest BCUT2D eigenvalue weighted by Gasteiger charge is -2.39. The summed E-state index contributed by atoms with van der Waals surface area (Å²) in [6.45, 7) is 8.66. The van der Waals surface area contributed by atoms with Crippen molar-refractivity contribution in [1.29, 1.82) is 0 Å². The van der Waals surface area contributed by atoms with Crippen molar-refractivity contribution >= 4 is 5.91 Å². The Kier molecular flexibility index (Phi) is 12.8. The second-order valence-electron chi connectivity index (χ2n) is 9.50. The predicted molar refractivity (Wildman–Crippen MR) is 134 cm³/mol. The Morgan fingerprint density at radius 2 is 1.86 bits per heavy atom. The van der Waals surface area contributed by atoms with E-state index in [0.29, 0.717) is 69.9 Å². The molecule has 1 amide bonds. The average molecular weight is 495 g/mol. The molecule has 0 bridgehead atoms. The standard InChI is InChI=1S/C26H43FN4O4/c27-25-17-24(35-11-1-2-21-5-8-29-9-6-21)4-3-23(25)16-26(32)31-19-22(20-31)18-30-10-13-34-15-14-33-12-7-28/h3-4,17,21-22,29-30H,1-2,5-16,18-20,28H2. The topological polar surface area (TPSA) is 98.1 Å². The van der Waals surface area contributed by atoms with Crippen LogP contribution in [0.4, 0.5) is 4.39 Å². The molecule has 198 valence electrons. The lowest BCUT2D eigenvalue weighted by atomic mass is 9.93. The van der Waals surface area contributed by atoms with Gasteiger partial charge in [0, 0.05) is 44.7 Å². The quantitative estimate of drug-likeness (QED) is 0.283. The Labute approximate surface area is 209 Å². The number of carbonyl (C=O) groups is 1. The number of benzene rings is 1. The van der Waals surface area contributed by atoms with E-state index in [-0.39, 0.29) is 18.1 Å². The van der Waals surface area contributed by atoms with E-state index in [1.807, 2.05) is 0 Å². The minimum atomic E-state index is -0.374. The zero-order valence-corrected chi connectivity index (χ0v) is 20.9. The van der Waals surface area contributed by atoms with E-state index in [1.165, 1.54) is 18.9 Å². The molecule has 0 radical (unpaired) electrons. The van der Waals surface area contributed by atoms with Crippen LogP contribution < -0.4 is 21.1 Å². The van der Waals surface area contributed by atoms with Crippen LogP contribution in [0.3, 0.4) is 0 Å². The van der Waals surface area contributed by atoms with E-state index >= 15 is 0 Å². The lowest BCUT2D eigenvalue weighted by molar-refractivity contribution is -0.136. The minimum absolute atomic E-state index is 0.0309. The molecule has 8 nitrogen and oxygen atoms in total. The Hall–Kier alpha value is -1.78. The molecule has 0 atom stereocenters. The van der Waals surface area contributed by atoms with Gasteiger partial charge in [-0.1, -0.05) is 6.07 Å². The van der Waals surface area contributed by atoms with Crippen LogP contribution in [0.1, 0.15) is 31.2 Å². The van der Waals surface area contributed by atoms with Crippen molar-refractivity contribution in [2.24, 2.45) is 17.6 Å². The highest BCUT2D eigenvalue weighted by Gasteiger charge is 2.30. The Balaban J connectivity index is 1.23. The predicted octanol–water partition coefficient (Wildman–Crippen LogP) is 1.57. The van der Waals surface area contributed by atoms with Gasteiger partial charge in [-0.15, -0.1) is 0 Å². The Morgan fingerprint density at radius 3 is 2.60 bits per heavy atom. The molecule has 2 aliphatic rings. The van der Waals surface area contributed by atoms with Gasteiger partial charge in [0.2, 0.25) is 5.91 Å². The fraction of sp³-hybridized carbons (Fsp3) is 0.731. The van der Waals surface area contributed by atoms with Gasteiger partial charge in [0.05, 0.1) is 39.5 Å². The van der Waals surface area contributed by atoms with Crippen LogP contribution in [0.2, 0.25) is 0 Å². The fourth-order valence-electron chi connectivity index (χ4n) is 4.53. The highest BCUT2D eigenvalue weighted by molar-refractivity contribution is 5.79. The summed E-state index contributed by atoms with van der Waals surface area (Å²) in [4.78, 5) is 14.3. The summed E-state index contributed by atoms with van der Waals surface area (Å²) in [5.74, 6) is 1.33. The number of carbonyl (C=O) groups excluding carboxylic acids is 1. The minimum Gasteiger partial charge on any atom is -0.493 e. The van der Waals surface area contributed by atoms with Gasteiger partial charge in [-0.2, -0.15) is 0 Å². The molecule has 2 aliphatic heterocycles. The third-order valence-electron chi connectivity index (χ3n) is 6.65. The highest BCUT2D eigenvalue weighted by Crippen LogP contribution is 2.22. The number of nitrogens with zero attached hydrogens (tertiary/aromatic N) is 1. The second-order valence-corrected chi connectivity index (χ2v) is 9.50. The van der Waals surface area contributed by atoms with Gasteiger partial charge in [-0.05, 0) is 56.3 Å². The molecule has 2 saturated heterocycles. The third kappa shape index (κ3) is 10.4. The molecule has 0 aromatic heterocycles. The van der Waals surface area contributed by atoms with Gasteiger partial charge in [0.25, 0.3) is 0 Å². The van der Waals surface area contributed by atoms with Crippen LogP contribution >= 0.6 is 0 Å². The maximum absolute atomic E-state index is 14.5. The molecule has 0 unspecified atom stereocenters. The number of rotatable bonds is 17. The smallest absolute Gasteiger partial charge is 0.227 e. The summed E-state index contributed by atoms with van der Waals surface area (Å²) in [5.41, 5.74) is 5.77. The zero-order chi connectivity index (χ0) is 24.7. The molecule has 1 aromatic rings. The second kappa shape index (κ2) is 16.1. The molecule has 1 aromatic carbocycles. The highest BCUT2D eigenvalue weighted by atomic mass is 19.1. The average Bonchev–Trinajstić information content (AvgIpc) is 2.84. The maximum Gasteiger partial charge on any atom is 0.227 e. The number of hydrogen-bond acceptors (Lipinski definition) is 7. The number of ether oxygens (including phenoxy) is 3. The fourth-order valence-corrected chi connectivity index (χ4v) is 4.53. The van der Waals surface area contributed by atoms with Crippen molar-refractivity contribution in [2.75, 3.05) is 78.8 Å². The van der Waals surface area contributed by atoms with Crippen molar-refractivity contribution in [3.8, 4) is 5.75 Å². The van der Waals surface area contributed by atoms with Gasteiger partial charge in [0.1, 0.15) is 11.6 Å². The number of piperidine rings is 1. The van der Waals surface area contributed by atoms with Gasteiger partial charge < -0.3 is 35.5 Å². The van der Waals surface area contributed by atoms with Crippen molar-refractivity contribution in [3.05, 3.63) is 29.6 Å². The van der Waals surface area contributed by atoms with Crippen LogP contribution in [0.15, 0.2) is 18.2 Å². The molecule has 0 spiro atoms. The molecule has 0 aliphatic carbocycles. The van der Waals surface area contributed by atoms with Gasteiger partial charge in [-0.3, -0.25) is 4.79 Å². The molecular formula is C26H43FN4O4. The van der Waals surface area contributed by atoms with E-state index in [1.54, 1.807) is 17.0 Å². The summed E-state index contributed by atoms with van der Waals surface area (Å²) in [6, 6.07) is 4.85. The van der Waals surface area contributed by atoms with Gasteiger partial charge in [0.15, 0.2) is 0 Å². The first kappa shape index (κ1) is 27.8. The molecule has 2 heterocycles. The number of amides is 1. The number of nitrogens with one attached hydrogen (secondary N) is 2. The van der Waals surface area contributed by atoms with Gasteiger partial charge in [-0.25, -0.2) is 4.39 Å². The van der Waals surface area contributed by atoms with Crippen molar-refractivity contribution < 1.29 is 23.4 Å². The molecule has 35 heavy (non-hydrogen) atoms. The number of nitrogens with two attached hydrogens (primary N) is 1. The van der Waals surface area contributed by atoms with Crippen molar-refractivity contribution in [1.82, 2.24) is 15.5 Å². The van der Waals surface area contributed by atoms with Crippen molar-refractivity contribution in [3.63, 3.8) is 0 Å². The monoisotopic (exact) mass is 494 g/mol. The zero-order valence-electron chi connectivity index (χ0n) is 20.9. The van der Waals surface area contributed by atoms with Crippen LogP contribution in [0.5, 0.6) is 5.75 Å². The molecule has 2 fully saturated rings. The number of halogens is 1. The maximum atomic E-state index is 14.5. The Bertz CT molecular complexity index is 742. The van der Waals surface area contributed by atoms with Crippen LogP contribution in [-0.2, 0) is 20.7 Å². The van der Waals surface area contributed by atoms with E-state index in [9.17, 15) is 9.18 Å². The first-order chi connectivity index (χ1) is 17.2. The summed E-state index contributed by atoms with van der Waals surface area (Å²) in [7, 11) is 0. The normalized spacial score (nSPS) is 16.9. The van der Waals surface area contributed by atoms with Crippen LogP contribution in [0, 0.1) is 17.7 Å². The molecule has 0 saturated carbocycles. The van der Waals surface area contributed by atoms with E-state index in [0.717, 1.165) is 44.9 Å². The van der Waals surface area contributed by atoms with E-state index < -0.39 is 0 Å². The third-order valence-corrected chi connectivity index (χ3v) is 6.65. The molecule has 4 N–H and O–H groups in total. The first-order valence-corrected chi connectivity index (χ1v) is 13.1. The number of likely N-dealkylation sites (tertiary alicyclic amines) is 1. The first-order valence-electron chi connectivity index (χ1n) is 13.1. The summed E-state index contributed by atoms with van der Waals surface area (Å²) < 4.78 is 31.0. The van der Waals surface area contributed by atoms with E-state index in [4.69, 9.17) is 19.9 Å². The van der Waals surface area contributed by atoms with Crippen molar-refractivity contribution in [2.45, 2.75) is 32.1 Å². The Morgan fingerprint density at radius 1 is 1.09 bits per heavy atom. The summed E-state index contributed by atoms with van der Waals surface area (Å²) in [5, 5.41) is 6.73. The van der Waals surface area contributed by atoms with Crippen LogP contribution in [0.25, 0.3) is 0 Å². The SMILES string of the molecule is NCCOCCOCCNCC1CN(C(=O)Cc2ccc(OCCCC3CCNCC3)cc2F)C1.